The smallest absolute Gasteiger partial charge is 0.408 e. The zero-order valence-electron chi connectivity index (χ0n) is 24.1. The Morgan fingerprint density at radius 3 is 2.19 bits per heavy atom. The van der Waals surface area contributed by atoms with E-state index in [2.05, 4.69) is 16.0 Å². The summed E-state index contributed by atoms with van der Waals surface area (Å²) in [5.41, 5.74) is -0.611. The molecule has 0 spiro atoms. The molecule has 11 nitrogen and oxygen atoms in total. The van der Waals surface area contributed by atoms with Crippen molar-refractivity contribution in [3.63, 3.8) is 0 Å². The number of rotatable bonds is 13. The zero-order chi connectivity index (χ0) is 30.8. The molecule has 2 fully saturated rings. The number of hydrogen-bond donors (Lipinski definition) is 5. The van der Waals surface area contributed by atoms with E-state index in [1.54, 1.807) is 0 Å². The molecule has 2 unspecified atom stereocenters. The quantitative estimate of drug-likeness (QED) is 0.214. The number of aliphatic hydroxyl groups is 1. The first kappa shape index (κ1) is 32.4. The number of alkyl carbamates (subject to hydrolysis) is 1. The molecule has 1 heterocycles. The third-order valence-corrected chi connectivity index (χ3v) is 9.20. The summed E-state index contributed by atoms with van der Waals surface area (Å²) < 4.78 is 39.1. The van der Waals surface area contributed by atoms with Gasteiger partial charge < -0.3 is 25.8 Å². The SMILES string of the molecule is O=C(N[C@@H](CC1CCCCC1)C(=O)N[C@@H](C[C@@H]1CCNC1=O)C(O)S(=O)(=O)O)OC(Cc1ccccc1)c1ccccc1. The summed E-state index contributed by atoms with van der Waals surface area (Å²) in [7, 11) is -4.96. The van der Waals surface area contributed by atoms with E-state index >= 15 is 0 Å². The molecule has 1 aliphatic heterocycles. The average molecular weight is 616 g/mol. The van der Waals surface area contributed by atoms with Crippen LogP contribution in [-0.2, 0) is 30.9 Å². The fourth-order valence-electron chi connectivity index (χ4n) is 5.93. The fourth-order valence-corrected chi connectivity index (χ4v) is 6.52. The van der Waals surface area contributed by atoms with E-state index in [0.717, 1.165) is 43.2 Å². The second kappa shape index (κ2) is 15.3. The minimum Gasteiger partial charge on any atom is -0.441 e. The van der Waals surface area contributed by atoms with Crippen molar-refractivity contribution < 1.29 is 37.2 Å². The predicted molar refractivity (Wildman–Crippen MR) is 159 cm³/mol. The number of hydrogen-bond acceptors (Lipinski definition) is 7. The van der Waals surface area contributed by atoms with Crippen LogP contribution < -0.4 is 16.0 Å². The topological polar surface area (TPSA) is 171 Å². The van der Waals surface area contributed by atoms with Gasteiger partial charge in [0.2, 0.25) is 17.3 Å². The number of benzene rings is 2. The summed E-state index contributed by atoms with van der Waals surface area (Å²) in [6, 6.07) is 16.2. The fraction of sp³-hybridized carbons (Fsp3) is 0.516. The minimum absolute atomic E-state index is 0.143. The molecular weight excluding hydrogens is 574 g/mol. The van der Waals surface area contributed by atoms with Gasteiger partial charge in [-0.2, -0.15) is 8.42 Å². The van der Waals surface area contributed by atoms with Crippen LogP contribution in [0.25, 0.3) is 0 Å². The lowest BCUT2D eigenvalue weighted by Gasteiger charge is -2.30. The van der Waals surface area contributed by atoms with E-state index in [-0.39, 0.29) is 24.7 Å². The van der Waals surface area contributed by atoms with Crippen molar-refractivity contribution in [3.05, 3.63) is 71.8 Å². The van der Waals surface area contributed by atoms with E-state index < -0.39 is 51.7 Å². The minimum atomic E-state index is -4.96. The maximum Gasteiger partial charge on any atom is 0.408 e. The first-order valence-corrected chi connectivity index (χ1v) is 16.4. The molecule has 234 valence electrons. The first-order chi connectivity index (χ1) is 20.6. The second-order valence-electron chi connectivity index (χ2n) is 11.5. The van der Waals surface area contributed by atoms with E-state index in [9.17, 15) is 32.5 Å². The van der Waals surface area contributed by atoms with Gasteiger partial charge in [-0.3, -0.25) is 14.1 Å². The van der Waals surface area contributed by atoms with Gasteiger partial charge in [0.05, 0.1) is 6.04 Å². The van der Waals surface area contributed by atoms with Gasteiger partial charge in [-0.15, -0.1) is 0 Å². The normalized spacial score (nSPS) is 20.3. The van der Waals surface area contributed by atoms with Crippen molar-refractivity contribution >= 4 is 28.0 Å². The number of aliphatic hydroxyl groups excluding tert-OH is 1. The summed E-state index contributed by atoms with van der Waals surface area (Å²) in [5.74, 6) is -1.56. The molecular formula is C31H41N3O8S. The lowest BCUT2D eigenvalue weighted by atomic mass is 9.84. The standard InChI is InChI=1S/C31H41N3O8S/c35-28-24(16-17-32-28)20-26(30(37)43(39,40)41)33-29(36)25(18-21-10-4-1-5-11-21)34-31(38)42-27(23-14-8-3-9-15-23)19-22-12-6-2-7-13-22/h2-3,6-9,12-15,21,24-27,30,37H,1,4-5,10-11,16-20H2,(H,32,35)(H,33,36)(H,34,38)(H,39,40,41)/t24-,25-,26-,27?,30?/m0/s1. The molecule has 4 rings (SSSR count). The van der Waals surface area contributed by atoms with Crippen molar-refractivity contribution in [1.82, 2.24) is 16.0 Å². The monoisotopic (exact) mass is 615 g/mol. The largest absolute Gasteiger partial charge is 0.441 e. The Morgan fingerprint density at radius 1 is 0.930 bits per heavy atom. The molecule has 5 atom stereocenters. The highest BCUT2D eigenvalue weighted by Crippen LogP contribution is 2.28. The highest BCUT2D eigenvalue weighted by molar-refractivity contribution is 7.86. The molecule has 1 saturated carbocycles. The number of carbonyl (C=O) groups excluding carboxylic acids is 3. The Hall–Kier alpha value is -3.48. The highest BCUT2D eigenvalue weighted by atomic mass is 32.2. The summed E-state index contributed by atoms with van der Waals surface area (Å²) in [6.45, 7) is 0.384. The molecule has 43 heavy (non-hydrogen) atoms. The Morgan fingerprint density at radius 2 is 1.58 bits per heavy atom. The molecule has 0 bridgehead atoms. The van der Waals surface area contributed by atoms with Crippen LogP contribution in [0.2, 0.25) is 0 Å². The molecule has 1 aliphatic carbocycles. The lowest BCUT2D eigenvalue weighted by Crippen LogP contribution is -2.55. The molecule has 3 amide bonds. The van der Waals surface area contributed by atoms with Crippen molar-refractivity contribution in [2.45, 2.75) is 81.4 Å². The van der Waals surface area contributed by atoms with Crippen molar-refractivity contribution in [1.29, 1.82) is 0 Å². The molecule has 12 heteroatoms. The molecule has 2 aromatic carbocycles. The van der Waals surface area contributed by atoms with Crippen LogP contribution in [0, 0.1) is 11.8 Å². The lowest BCUT2D eigenvalue weighted by molar-refractivity contribution is -0.126. The Bertz CT molecular complexity index is 1320. The summed E-state index contributed by atoms with van der Waals surface area (Å²) >= 11 is 0. The van der Waals surface area contributed by atoms with Crippen LogP contribution in [0.1, 0.15) is 68.6 Å². The third-order valence-electron chi connectivity index (χ3n) is 8.27. The van der Waals surface area contributed by atoms with Crippen molar-refractivity contribution in [2.75, 3.05) is 6.54 Å². The van der Waals surface area contributed by atoms with Gasteiger partial charge in [-0.25, -0.2) is 4.79 Å². The van der Waals surface area contributed by atoms with Crippen LogP contribution in [0.15, 0.2) is 60.7 Å². The molecule has 5 N–H and O–H groups in total. The van der Waals surface area contributed by atoms with Gasteiger partial charge in [0.15, 0.2) is 0 Å². The molecule has 0 radical (unpaired) electrons. The number of carbonyl (C=O) groups is 3. The zero-order valence-corrected chi connectivity index (χ0v) is 24.9. The maximum atomic E-state index is 13.6. The van der Waals surface area contributed by atoms with E-state index in [4.69, 9.17) is 4.74 Å². The third kappa shape index (κ3) is 9.77. The van der Waals surface area contributed by atoms with Crippen LogP contribution in [0.5, 0.6) is 0 Å². The van der Waals surface area contributed by atoms with Crippen LogP contribution in [-0.4, -0.2) is 60.0 Å². The first-order valence-electron chi connectivity index (χ1n) is 14.9. The number of amides is 3. The van der Waals surface area contributed by atoms with Gasteiger partial charge in [0.25, 0.3) is 10.1 Å². The second-order valence-corrected chi connectivity index (χ2v) is 13.0. The molecule has 2 aliphatic rings. The average Bonchev–Trinajstić information content (AvgIpc) is 3.40. The van der Waals surface area contributed by atoms with E-state index in [1.807, 2.05) is 60.7 Å². The summed E-state index contributed by atoms with van der Waals surface area (Å²) in [5, 5.41) is 18.3. The van der Waals surface area contributed by atoms with Crippen molar-refractivity contribution in [2.24, 2.45) is 11.8 Å². The molecule has 2 aromatic rings. The van der Waals surface area contributed by atoms with Crippen LogP contribution in [0.3, 0.4) is 0 Å². The number of nitrogens with one attached hydrogen (secondary N) is 3. The Balaban J connectivity index is 1.51. The molecule has 0 aromatic heterocycles. The summed E-state index contributed by atoms with van der Waals surface area (Å²) in [6.07, 6.45) is 4.26. The van der Waals surface area contributed by atoms with Gasteiger partial charge in [0.1, 0.15) is 12.1 Å². The Kier molecular flexibility index (Phi) is 11.5. The Labute approximate surface area is 252 Å². The number of ether oxygens (including phenoxy) is 1. The van der Waals surface area contributed by atoms with E-state index in [1.165, 1.54) is 0 Å². The maximum absolute atomic E-state index is 13.6. The van der Waals surface area contributed by atoms with Crippen molar-refractivity contribution in [3.8, 4) is 0 Å². The van der Waals surface area contributed by atoms with Gasteiger partial charge in [0, 0.05) is 18.9 Å². The van der Waals surface area contributed by atoms with Gasteiger partial charge in [-0.05, 0) is 36.3 Å². The summed E-state index contributed by atoms with van der Waals surface area (Å²) in [4.78, 5) is 39.1. The predicted octanol–water partition coefficient (Wildman–Crippen LogP) is 3.25. The van der Waals surface area contributed by atoms with Gasteiger partial charge >= 0.3 is 6.09 Å². The van der Waals surface area contributed by atoms with Crippen LogP contribution >= 0.6 is 0 Å². The van der Waals surface area contributed by atoms with E-state index in [0.29, 0.717) is 19.4 Å². The highest BCUT2D eigenvalue weighted by Gasteiger charge is 2.38. The van der Waals surface area contributed by atoms with Gasteiger partial charge in [-0.1, -0.05) is 92.8 Å². The van der Waals surface area contributed by atoms with Crippen LogP contribution in [0.4, 0.5) is 4.79 Å². The molecule has 1 saturated heterocycles.